The van der Waals surface area contributed by atoms with E-state index in [4.69, 9.17) is 0 Å². The van der Waals surface area contributed by atoms with Crippen molar-refractivity contribution >= 4 is 11.7 Å². The van der Waals surface area contributed by atoms with Crippen molar-refractivity contribution in [3.05, 3.63) is 17.8 Å². The van der Waals surface area contributed by atoms with Gasteiger partial charge in [0.2, 0.25) is 0 Å². The minimum Gasteiger partial charge on any atom is -0.394 e. The predicted molar refractivity (Wildman–Crippen MR) is 81.1 cm³/mol. The zero-order valence-corrected chi connectivity index (χ0v) is 12.7. The van der Waals surface area contributed by atoms with E-state index >= 15 is 0 Å². The third kappa shape index (κ3) is 3.91. The summed E-state index contributed by atoms with van der Waals surface area (Å²) in [5, 5.41) is 23.7. The van der Waals surface area contributed by atoms with Gasteiger partial charge in [-0.1, -0.05) is 6.92 Å². The van der Waals surface area contributed by atoms with E-state index in [9.17, 15) is 9.90 Å². The number of aliphatic hydroxyl groups is 1. The molecule has 0 atom stereocenters. The molecule has 116 valence electrons. The molecule has 2 rings (SSSR count). The first-order valence-electron chi connectivity index (χ1n) is 7.59. The number of amides is 1. The van der Waals surface area contributed by atoms with Crippen LogP contribution in [0.1, 0.15) is 50.0 Å². The normalized spacial score (nSPS) is 25.4. The monoisotopic (exact) mass is 292 g/mol. The van der Waals surface area contributed by atoms with E-state index in [2.05, 4.69) is 27.8 Å². The number of nitrogens with one attached hydrogen (secondary N) is 2. The van der Waals surface area contributed by atoms with E-state index in [1.807, 2.05) is 6.92 Å². The standard InChI is InChI=1S/C15H24N4O2/c1-3-16-14(21)12-4-5-13(19-18-12)17-15(10-20)8-6-11(2)7-9-15/h4-5,11,20H,3,6-10H2,1-2H3,(H,16,21)(H,17,19). The van der Waals surface area contributed by atoms with Gasteiger partial charge in [0.1, 0.15) is 5.82 Å². The van der Waals surface area contributed by atoms with E-state index < -0.39 is 0 Å². The Bertz CT molecular complexity index is 467. The Balaban J connectivity index is 2.03. The maximum atomic E-state index is 11.6. The number of hydrogen-bond donors (Lipinski definition) is 3. The molecular formula is C15H24N4O2. The Morgan fingerprint density at radius 3 is 2.62 bits per heavy atom. The zero-order valence-electron chi connectivity index (χ0n) is 12.7. The van der Waals surface area contributed by atoms with Gasteiger partial charge in [-0.25, -0.2) is 0 Å². The van der Waals surface area contributed by atoms with Crippen molar-refractivity contribution in [3.63, 3.8) is 0 Å². The van der Waals surface area contributed by atoms with Gasteiger partial charge in [-0.05, 0) is 50.7 Å². The maximum Gasteiger partial charge on any atom is 0.271 e. The number of rotatable bonds is 5. The average Bonchev–Trinajstić information content (AvgIpc) is 2.51. The van der Waals surface area contributed by atoms with Gasteiger partial charge < -0.3 is 15.7 Å². The Morgan fingerprint density at radius 2 is 2.10 bits per heavy atom. The molecule has 6 nitrogen and oxygen atoms in total. The number of aromatic nitrogens is 2. The van der Waals surface area contributed by atoms with Crippen LogP contribution in [-0.4, -0.2) is 39.9 Å². The Labute approximate surface area is 125 Å². The van der Waals surface area contributed by atoms with Crippen molar-refractivity contribution in [1.82, 2.24) is 15.5 Å². The summed E-state index contributed by atoms with van der Waals surface area (Å²) in [6.07, 6.45) is 4.03. The molecule has 0 spiro atoms. The Hall–Kier alpha value is -1.69. The van der Waals surface area contributed by atoms with Crippen molar-refractivity contribution in [1.29, 1.82) is 0 Å². The lowest BCUT2D eigenvalue weighted by Gasteiger charge is -2.39. The quantitative estimate of drug-likeness (QED) is 0.767. The van der Waals surface area contributed by atoms with Gasteiger partial charge in [-0.2, -0.15) is 0 Å². The second kappa shape index (κ2) is 6.85. The molecule has 1 aromatic heterocycles. The lowest BCUT2D eigenvalue weighted by Crippen LogP contribution is -2.45. The molecule has 0 bridgehead atoms. The lowest BCUT2D eigenvalue weighted by molar-refractivity contribution is 0.0950. The second-order valence-corrected chi connectivity index (χ2v) is 5.91. The van der Waals surface area contributed by atoms with Gasteiger partial charge in [0.05, 0.1) is 12.1 Å². The maximum absolute atomic E-state index is 11.6. The van der Waals surface area contributed by atoms with E-state index in [1.165, 1.54) is 0 Å². The fourth-order valence-electron chi connectivity index (χ4n) is 2.68. The number of aliphatic hydroxyl groups excluding tert-OH is 1. The van der Waals surface area contributed by atoms with Crippen LogP contribution in [0.5, 0.6) is 0 Å². The summed E-state index contributed by atoms with van der Waals surface area (Å²) in [4.78, 5) is 11.6. The topological polar surface area (TPSA) is 87.1 Å². The van der Waals surface area contributed by atoms with E-state index in [0.717, 1.165) is 25.7 Å². The van der Waals surface area contributed by atoms with Crippen LogP contribution in [0.25, 0.3) is 0 Å². The predicted octanol–water partition coefficient (Wildman–Crippen LogP) is 1.58. The first-order chi connectivity index (χ1) is 10.1. The molecular weight excluding hydrogens is 268 g/mol. The summed E-state index contributed by atoms with van der Waals surface area (Å²) >= 11 is 0. The lowest BCUT2D eigenvalue weighted by atomic mass is 9.77. The molecule has 3 N–H and O–H groups in total. The van der Waals surface area contributed by atoms with Crippen LogP contribution in [0.2, 0.25) is 0 Å². The fraction of sp³-hybridized carbons (Fsp3) is 0.667. The van der Waals surface area contributed by atoms with E-state index in [1.54, 1.807) is 12.1 Å². The zero-order chi connectivity index (χ0) is 15.3. The highest BCUT2D eigenvalue weighted by atomic mass is 16.3. The van der Waals surface area contributed by atoms with Crippen molar-refractivity contribution < 1.29 is 9.90 Å². The van der Waals surface area contributed by atoms with Crippen molar-refractivity contribution in [2.45, 2.75) is 45.1 Å². The minimum absolute atomic E-state index is 0.0828. The highest BCUT2D eigenvalue weighted by molar-refractivity contribution is 5.92. The van der Waals surface area contributed by atoms with Gasteiger partial charge in [-0.15, -0.1) is 10.2 Å². The summed E-state index contributed by atoms with van der Waals surface area (Å²) in [6.45, 7) is 4.74. The number of hydrogen-bond acceptors (Lipinski definition) is 5. The Morgan fingerprint density at radius 1 is 1.38 bits per heavy atom. The molecule has 1 aliphatic carbocycles. The molecule has 1 amide bonds. The number of carbonyl (C=O) groups is 1. The minimum atomic E-state index is -0.311. The van der Waals surface area contributed by atoms with Crippen LogP contribution >= 0.6 is 0 Å². The molecule has 6 heteroatoms. The summed E-state index contributed by atoms with van der Waals surface area (Å²) in [7, 11) is 0. The number of anilines is 1. The van der Waals surface area contributed by atoms with Gasteiger partial charge >= 0.3 is 0 Å². The number of nitrogens with zero attached hydrogens (tertiary/aromatic N) is 2. The molecule has 1 aliphatic rings. The van der Waals surface area contributed by atoms with Crippen LogP contribution in [-0.2, 0) is 0 Å². The molecule has 1 saturated carbocycles. The van der Waals surface area contributed by atoms with Crippen LogP contribution in [0.15, 0.2) is 12.1 Å². The van der Waals surface area contributed by atoms with Crippen LogP contribution in [0.3, 0.4) is 0 Å². The van der Waals surface area contributed by atoms with Crippen LogP contribution in [0, 0.1) is 5.92 Å². The summed E-state index contributed by atoms with van der Waals surface area (Å²) < 4.78 is 0. The molecule has 0 unspecified atom stereocenters. The van der Waals surface area contributed by atoms with Crippen LogP contribution in [0.4, 0.5) is 5.82 Å². The largest absolute Gasteiger partial charge is 0.394 e. The van der Waals surface area contributed by atoms with Crippen molar-refractivity contribution in [2.75, 3.05) is 18.5 Å². The van der Waals surface area contributed by atoms with Gasteiger partial charge in [0.25, 0.3) is 5.91 Å². The van der Waals surface area contributed by atoms with Crippen molar-refractivity contribution in [3.8, 4) is 0 Å². The van der Waals surface area contributed by atoms with Crippen LogP contribution < -0.4 is 10.6 Å². The summed E-state index contributed by atoms with van der Waals surface area (Å²) in [5.74, 6) is 1.09. The molecule has 0 radical (unpaired) electrons. The third-order valence-electron chi connectivity index (χ3n) is 4.16. The summed E-state index contributed by atoms with van der Waals surface area (Å²) in [5.41, 5.74) is -0.00769. The second-order valence-electron chi connectivity index (χ2n) is 5.91. The van der Waals surface area contributed by atoms with E-state index in [0.29, 0.717) is 24.0 Å². The third-order valence-corrected chi connectivity index (χ3v) is 4.16. The molecule has 1 aromatic rings. The first kappa shape index (κ1) is 15.7. The molecule has 1 fully saturated rings. The fourth-order valence-corrected chi connectivity index (χ4v) is 2.68. The summed E-state index contributed by atoms with van der Waals surface area (Å²) in [6, 6.07) is 3.39. The van der Waals surface area contributed by atoms with Gasteiger partial charge in [-0.3, -0.25) is 4.79 Å². The van der Waals surface area contributed by atoms with E-state index in [-0.39, 0.29) is 18.1 Å². The molecule has 0 aromatic carbocycles. The molecule has 0 saturated heterocycles. The van der Waals surface area contributed by atoms with Gasteiger partial charge in [0.15, 0.2) is 5.69 Å². The number of carbonyl (C=O) groups excluding carboxylic acids is 1. The highest BCUT2D eigenvalue weighted by Crippen LogP contribution is 2.33. The highest BCUT2D eigenvalue weighted by Gasteiger charge is 2.33. The van der Waals surface area contributed by atoms with Crippen molar-refractivity contribution in [2.24, 2.45) is 5.92 Å². The molecule has 0 aliphatic heterocycles. The van der Waals surface area contributed by atoms with Gasteiger partial charge in [0, 0.05) is 6.54 Å². The smallest absolute Gasteiger partial charge is 0.271 e. The molecule has 1 heterocycles. The first-order valence-corrected chi connectivity index (χ1v) is 7.59. The molecule has 21 heavy (non-hydrogen) atoms. The SMILES string of the molecule is CCNC(=O)c1ccc(NC2(CO)CCC(C)CC2)nn1. The average molecular weight is 292 g/mol. The Kier molecular flexibility index (Phi) is 5.12.